The molecule has 1 aliphatic carbocycles. The summed E-state index contributed by atoms with van der Waals surface area (Å²) in [5, 5.41) is 3.10. The van der Waals surface area contributed by atoms with E-state index in [1.54, 1.807) is 14.1 Å². The SMILES string of the molecule is CN(C)[C@H]1C[C@@H](c2cccc(C(F)(F)F)c2F)CC[C@@H]1Nc1cc(F)c(S(=O)(=O)Nc2ccncn2)cc1Cl. The van der Waals surface area contributed by atoms with E-state index in [-0.39, 0.29) is 34.2 Å². The van der Waals surface area contributed by atoms with Crippen molar-refractivity contribution in [2.75, 3.05) is 24.1 Å². The Hall–Kier alpha value is -3.03. The Kier molecular flexibility index (Phi) is 8.33. The summed E-state index contributed by atoms with van der Waals surface area (Å²) < 4.78 is 97.1. The van der Waals surface area contributed by atoms with Crippen LogP contribution in [0, 0.1) is 11.6 Å². The number of likely N-dealkylation sites (N-methyl/N-ethyl adjacent to an activating group) is 1. The molecule has 1 fully saturated rings. The molecule has 0 bridgehead atoms. The molecule has 0 aliphatic heterocycles. The van der Waals surface area contributed by atoms with Crippen LogP contribution in [0.1, 0.15) is 36.3 Å². The number of alkyl halides is 3. The zero-order chi connectivity index (χ0) is 28.5. The fourth-order valence-electron chi connectivity index (χ4n) is 4.84. The minimum absolute atomic E-state index is 0.00458. The minimum Gasteiger partial charge on any atom is -0.379 e. The maximum absolute atomic E-state index is 15.0. The highest BCUT2D eigenvalue weighted by Crippen LogP contribution is 2.41. The minimum atomic E-state index is -4.80. The van der Waals surface area contributed by atoms with Crippen molar-refractivity contribution < 1.29 is 30.4 Å². The number of nitrogens with zero attached hydrogens (tertiary/aromatic N) is 3. The third kappa shape index (κ3) is 6.42. The monoisotopic (exact) mass is 589 g/mol. The van der Waals surface area contributed by atoms with Gasteiger partial charge in [0.1, 0.15) is 28.7 Å². The van der Waals surface area contributed by atoms with Crippen molar-refractivity contribution in [2.24, 2.45) is 0 Å². The van der Waals surface area contributed by atoms with Gasteiger partial charge >= 0.3 is 6.18 Å². The first-order valence-corrected chi connectivity index (χ1v) is 13.7. The van der Waals surface area contributed by atoms with Gasteiger partial charge < -0.3 is 10.2 Å². The molecule has 1 heterocycles. The van der Waals surface area contributed by atoms with Crippen LogP contribution in [0.3, 0.4) is 0 Å². The molecule has 0 spiro atoms. The standard InChI is InChI=1S/C25H25ClF5N5O2S/c1-36(2)21-10-14(15-4-3-5-16(24(15)28)25(29,30)31)6-7-19(21)34-20-12-18(27)22(11-17(20)26)39(37,38)35-23-8-9-32-13-33-23/h3-5,8-9,11-14,19,21,34H,6-7,10H2,1-2H3,(H,32,33,35)/t14-,19-,21-/m0/s1. The Morgan fingerprint density at radius 2 is 1.85 bits per heavy atom. The highest BCUT2D eigenvalue weighted by molar-refractivity contribution is 7.92. The Labute approximate surface area is 227 Å². The van der Waals surface area contributed by atoms with Crippen LogP contribution < -0.4 is 10.0 Å². The van der Waals surface area contributed by atoms with E-state index in [2.05, 4.69) is 20.0 Å². The van der Waals surface area contributed by atoms with E-state index in [4.69, 9.17) is 11.6 Å². The molecule has 3 aromatic rings. The molecule has 0 amide bonds. The van der Waals surface area contributed by atoms with E-state index >= 15 is 4.39 Å². The number of nitrogens with one attached hydrogen (secondary N) is 2. The van der Waals surface area contributed by atoms with E-state index in [1.165, 1.54) is 24.4 Å². The summed E-state index contributed by atoms with van der Waals surface area (Å²) in [4.78, 5) is 8.62. The molecule has 0 unspecified atom stereocenters. The second kappa shape index (κ2) is 11.2. The molecule has 2 N–H and O–H groups in total. The van der Waals surface area contributed by atoms with Crippen LogP contribution in [0.15, 0.2) is 53.8 Å². The number of hydrogen-bond donors (Lipinski definition) is 2. The van der Waals surface area contributed by atoms with Gasteiger partial charge in [-0.1, -0.05) is 23.7 Å². The Morgan fingerprint density at radius 1 is 1.10 bits per heavy atom. The molecule has 4 rings (SSSR count). The number of hydrogen-bond acceptors (Lipinski definition) is 6. The first kappa shape index (κ1) is 29.0. The molecule has 1 aliphatic rings. The molecular formula is C25H25ClF5N5O2S. The summed E-state index contributed by atoms with van der Waals surface area (Å²) in [5.41, 5.74) is -1.14. The topological polar surface area (TPSA) is 87.2 Å². The summed E-state index contributed by atoms with van der Waals surface area (Å²) in [5.74, 6) is -2.84. The van der Waals surface area contributed by atoms with Crippen molar-refractivity contribution in [3.05, 3.63) is 76.7 Å². The van der Waals surface area contributed by atoms with Crippen molar-refractivity contribution in [2.45, 2.75) is 48.3 Å². The number of aromatic nitrogens is 2. The van der Waals surface area contributed by atoms with Gasteiger partial charge in [0.25, 0.3) is 10.0 Å². The van der Waals surface area contributed by atoms with Crippen LogP contribution in [0.25, 0.3) is 0 Å². The van der Waals surface area contributed by atoms with Gasteiger partial charge in [-0.25, -0.2) is 27.2 Å². The predicted molar refractivity (Wildman–Crippen MR) is 137 cm³/mol. The van der Waals surface area contributed by atoms with E-state index in [0.717, 1.165) is 24.5 Å². The quantitative estimate of drug-likeness (QED) is 0.334. The van der Waals surface area contributed by atoms with Gasteiger partial charge in [0.2, 0.25) is 0 Å². The molecule has 0 radical (unpaired) electrons. The molecule has 2 aromatic carbocycles. The fraction of sp³-hybridized carbons (Fsp3) is 0.360. The predicted octanol–water partition coefficient (Wildman–Crippen LogP) is 5.91. The van der Waals surface area contributed by atoms with Gasteiger partial charge in [0.15, 0.2) is 0 Å². The number of halogens is 6. The number of anilines is 2. The number of sulfonamides is 1. The van der Waals surface area contributed by atoms with E-state index in [0.29, 0.717) is 19.3 Å². The van der Waals surface area contributed by atoms with Gasteiger partial charge in [0.05, 0.1) is 16.3 Å². The molecule has 1 saturated carbocycles. The van der Waals surface area contributed by atoms with Crippen molar-refractivity contribution >= 4 is 33.1 Å². The molecular weight excluding hydrogens is 565 g/mol. The summed E-state index contributed by atoms with van der Waals surface area (Å²) in [6, 6.07) is 5.95. The van der Waals surface area contributed by atoms with Gasteiger partial charge in [-0.05, 0) is 69.1 Å². The maximum Gasteiger partial charge on any atom is 0.419 e. The van der Waals surface area contributed by atoms with Crippen LogP contribution in [0.2, 0.25) is 5.02 Å². The Morgan fingerprint density at radius 3 is 2.49 bits per heavy atom. The van der Waals surface area contributed by atoms with E-state index in [9.17, 15) is 26.0 Å². The normalized spacial score (nSPS) is 20.2. The second-order valence-corrected chi connectivity index (χ2v) is 11.5. The van der Waals surface area contributed by atoms with Crippen LogP contribution in [0.5, 0.6) is 0 Å². The smallest absolute Gasteiger partial charge is 0.379 e. The Bertz CT molecular complexity index is 1440. The lowest BCUT2D eigenvalue weighted by Crippen LogP contribution is -2.47. The molecule has 14 heteroatoms. The lowest BCUT2D eigenvalue weighted by Gasteiger charge is -2.41. The first-order valence-electron chi connectivity index (χ1n) is 11.8. The van der Waals surface area contributed by atoms with Gasteiger partial charge in [-0.15, -0.1) is 0 Å². The van der Waals surface area contributed by atoms with Crippen LogP contribution in [-0.2, 0) is 16.2 Å². The zero-order valence-corrected chi connectivity index (χ0v) is 22.4. The summed E-state index contributed by atoms with van der Waals surface area (Å²) in [6.07, 6.45) is -1.24. The highest BCUT2D eigenvalue weighted by Gasteiger charge is 2.38. The molecule has 7 nitrogen and oxygen atoms in total. The van der Waals surface area contributed by atoms with Gasteiger partial charge in [0, 0.05) is 18.3 Å². The lowest BCUT2D eigenvalue weighted by atomic mass is 9.77. The highest BCUT2D eigenvalue weighted by atomic mass is 35.5. The average Bonchev–Trinajstić information content (AvgIpc) is 2.86. The number of benzene rings is 2. The average molecular weight is 590 g/mol. The molecule has 210 valence electrons. The third-order valence-corrected chi connectivity index (χ3v) is 8.41. The van der Waals surface area contributed by atoms with Crippen LogP contribution in [0.4, 0.5) is 33.5 Å². The third-order valence-electron chi connectivity index (χ3n) is 6.73. The maximum atomic E-state index is 15.0. The van der Waals surface area contributed by atoms with E-state index in [1.807, 2.05) is 4.90 Å². The largest absolute Gasteiger partial charge is 0.419 e. The van der Waals surface area contributed by atoms with Crippen molar-refractivity contribution in [3.63, 3.8) is 0 Å². The molecule has 39 heavy (non-hydrogen) atoms. The molecule has 3 atom stereocenters. The van der Waals surface area contributed by atoms with Crippen LogP contribution >= 0.6 is 11.6 Å². The summed E-state index contributed by atoms with van der Waals surface area (Å²) in [6.45, 7) is 0. The first-order chi connectivity index (χ1) is 18.3. The molecule has 0 saturated heterocycles. The molecule has 1 aromatic heterocycles. The van der Waals surface area contributed by atoms with Crippen LogP contribution in [-0.4, -0.2) is 49.5 Å². The van der Waals surface area contributed by atoms with Gasteiger partial charge in [-0.3, -0.25) is 4.72 Å². The van der Waals surface area contributed by atoms with E-state index < -0.39 is 44.2 Å². The number of rotatable bonds is 7. The Balaban J connectivity index is 1.55. The van der Waals surface area contributed by atoms with Gasteiger partial charge in [-0.2, -0.15) is 13.2 Å². The van der Waals surface area contributed by atoms with Crippen molar-refractivity contribution in [3.8, 4) is 0 Å². The zero-order valence-electron chi connectivity index (χ0n) is 20.8. The summed E-state index contributed by atoms with van der Waals surface area (Å²) in [7, 11) is -0.791. The van der Waals surface area contributed by atoms with Crippen molar-refractivity contribution in [1.82, 2.24) is 14.9 Å². The summed E-state index contributed by atoms with van der Waals surface area (Å²) >= 11 is 6.35. The second-order valence-electron chi connectivity index (χ2n) is 9.46. The van der Waals surface area contributed by atoms with Crippen molar-refractivity contribution in [1.29, 1.82) is 0 Å². The lowest BCUT2D eigenvalue weighted by molar-refractivity contribution is -0.140. The fourth-order valence-corrected chi connectivity index (χ4v) is 6.22.